The molecule has 0 bridgehead atoms. The second-order valence-corrected chi connectivity index (χ2v) is 10.9. The van der Waals surface area contributed by atoms with Crippen LogP contribution in [0, 0.1) is 12.8 Å². The number of aryl methyl sites for hydroxylation is 1. The molecule has 35 heavy (non-hydrogen) atoms. The maximum atomic E-state index is 13.7. The van der Waals surface area contributed by atoms with Crippen LogP contribution in [-0.2, 0) is 9.59 Å². The number of hydrogen-bond acceptors (Lipinski definition) is 4. The van der Waals surface area contributed by atoms with Gasteiger partial charge in [0.05, 0.1) is 0 Å². The van der Waals surface area contributed by atoms with Crippen LogP contribution in [0.4, 0.5) is 16.2 Å². The molecule has 0 aromatic heterocycles. The Balaban J connectivity index is 1.52. The van der Waals surface area contributed by atoms with Crippen molar-refractivity contribution in [2.75, 3.05) is 16.8 Å². The van der Waals surface area contributed by atoms with Gasteiger partial charge >= 0.3 is 11.9 Å². The van der Waals surface area contributed by atoms with Crippen molar-refractivity contribution in [2.45, 2.75) is 39.0 Å². The number of allylic oxidation sites excluding steroid dienone is 1. The molecule has 0 saturated heterocycles. The summed E-state index contributed by atoms with van der Waals surface area (Å²) in [7, 11) is 0. The van der Waals surface area contributed by atoms with Gasteiger partial charge in [-0.2, -0.15) is 9.37 Å². The van der Waals surface area contributed by atoms with Crippen molar-refractivity contribution < 1.29 is 19.0 Å². The van der Waals surface area contributed by atoms with Gasteiger partial charge < -0.3 is 5.32 Å². The largest absolute Gasteiger partial charge is 0.507 e. The van der Waals surface area contributed by atoms with E-state index in [1.165, 1.54) is 21.2 Å². The molecular formula is C26H24Cl2N3O3S+. The van der Waals surface area contributed by atoms with Crippen molar-refractivity contribution in [3.8, 4) is 0 Å². The fourth-order valence-electron chi connectivity index (χ4n) is 4.77. The zero-order valence-corrected chi connectivity index (χ0v) is 21.5. The van der Waals surface area contributed by atoms with E-state index in [4.69, 9.17) is 23.2 Å². The molecule has 1 unspecified atom stereocenters. The van der Waals surface area contributed by atoms with Crippen molar-refractivity contribution in [1.29, 1.82) is 0 Å². The molecule has 180 valence electrons. The molecule has 2 aromatic rings. The summed E-state index contributed by atoms with van der Waals surface area (Å²) < 4.78 is 1.45. The molecule has 2 heterocycles. The standard InChI is InChI=1S/C26H23Cl2N3O3S/c1-15-7-8-17(28)13-20(15)29-22(32)14-30-25-23(19-5-3-2-4-6-21(19)35-25)24(33)31(26(30)34)18-11-9-16(27)10-12-18/h7-13,23H,2-6,14H2,1H3/p+1. The Labute approximate surface area is 218 Å². The van der Waals surface area contributed by atoms with Crippen molar-refractivity contribution in [3.63, 3.8) is 0 Å². The lowest BCUT2D eigenvalue weighted by Gasteiger charge is -2.25. The predicted molar refractivity (Wildman–Crippen MR) is 140 cm³/mol. The molecule has 0 saturated carbocycles. The normalized spacial score (nSPS) is 20.1. The molecule has 1 N–H and O–H groups in total. The van der Waals surface area contributed by atoms with Gasteiger partial charge in [0.2, 0.25) is 0 Å². The topological polar surface area (TPSA) is 69.5 Å². The number of fused-ring (bicyclic) bond motifs is 2. The van der Waals surface area contributed by atoms with Crippen LogP contribution in [0.15, 0.2) is 52.9 Å². The second kappa shape index (κ2) is 9.80. The maximum Gasteiger partial charge on any atom is 0.507 e. The van der Waals surface area contributed by atoms with Gasteiger partial charge in [0.25, 0.3) is 5.91 Å². The lowest BCUT2D eigenvalue weighted by molar-refractivity contribution is -0.414. The van der Waals surface area contributed by atoms with Gasteiger partial charge in [0.15, 0.2) is 17.5 Å². The highest BCUT2D eigenvalue weighted by Crippen LogP contribution is 2.47. The first-order valence-corrected chi connectivity index (χ1v) is 13.1. The minimum atomic E-state index is -0.540. The van der Waals surface area contributed by atoms with Crippen LogP contribution in [0.25, 0.3) is 0 Å². The number of nitrogens with one attached hydrogen (secondary N) is 1. The molecule has 6 nitrogen and oxygen atoms in total. The first kappa shape index (κ1) is 24.1. The third-order valence-corrected chi connectivity index (χ3v) is 8.41. The number of amides is 4. The summed E-state index contributed by atoms with van der Waals surface area (Å²) in [4.78, 5) is 42.9. The number of urea groups is 1. The molecule has 9 heteroatoms. The zero-order valence-electron chi connectivity index (χ0n) is 19.1. The quantitative estimate of drug-likeness (QED) is 0.466. The van der Waals surface area contributed by atoms with Crippen molar-refractivity contribution in [2.24, 2.45) is 5.92 Å². The monoisotopic (exact) mass is 528 g/mol. The molecule has 0 spiro atoms. The third-order valence-electron chi connectivity index (χ3n) is 6.55. The molecule has 4 amide bonds. The fourth-order valence-corrected chi connectivity index (χ4v) is 6.54. The van der Waals surface area contributed by atoms with Crippen molar-refractivity contribution in [1.82, 2.24) is 0 Å². The van der Waals surface area contributed by atoms with Crippen molar-refractivity contribution >= 4 is 69.2 Å². The Hall–Kier alpha value is -2.61. The average Bonchev–Trinajstić information content (AvgIpc) is 3.03. The first-order chi connectivity index (χ1) is 16.8. The number of hydrogen-bond donors (Lipinski definition) is 1. The van der Waals surface area contributed by atoms with E-state index in [0.717, 1.165) is 48.1 Å². The highest BCUT2D eigenvalue weighted by Gasteiger charge is 2.54. The number of halogens is 2. The lowest BCUT2D eigenvalue weighted by Crippen LogP contribution is -2.55. The van der Waals surface area contributed by atoms with Crippen LogP contribution < -0.4 is 10.2 Å². The fraction of sp³-hybridized carbons (Fsp3) is 0.308. The zero-order chi connectivity index (χ0) is 24.7. The number of thioether (sulfide) groups is 1. The summed E-state index contributed by atoms with van der Waals surface area (Å²) in [6.07, 6.45) is 4.91. The van der Waals surface area contributed by atoms with E-state index in [2.05, 4.69) is 5.32 Å². The van der Waals surface area contributed by atoms with Crippen molar-refractivity contribution in [3.05, 3.63) is 68.6 Å². The number of anilines is 2. The summed E-state index contributed by atoms with van der Waals surface area (Å²) in [6, 6.07) is 11.3. The molecule has 1 aliphatic carbocycles. The Morgan fingerprint density at radius 2 is 1.77 bits per heavy atom. The number of rotatable bonds is 4. The lowest BCUT2D eigenvalue weighted by atomic mass is 9.93. The molecule has 3 aliphatic rings. The Morgan fingerprint density at radius 1 is 1.06 bits per heavy atom. The van der Waals surface area contributed by atoms with E-state index >= 15 is 0 Å². The summed E-state index contributed by atoms with van der Waals surface area (Å²) in [5.74, 6) is -1.17. The number of carbonyl (C=O) groups is 3. The van der Waals surface area contributed by atoms with E-state index in [0.29, 0.717) is 26.5 Å². The van der Waals surface area contributed by atoms with Gasteiger partial charge in [-0.25, -0.2) is 4.79 Å². The SMILES string of the molecule is Cc1ccc(Cl)cc1NC(=O)C[N+]1=C2SC3=C(CCCCC3)C2C(=O)N(c2ccc(Cl)cc2)C1=O. The number of nitrogens with zero attached hydrogens (tertiary/aromatic N) is 2. The minimum Gasteiger partial charge on any atom is -0.322 e. The van der Waals surface area contributed by atoms with Crippen LogP contribution in [0.5, 0.6) is 0 Å². The maximum absolute atomic E-state index is 13.7. The molecule has 2 aliphatic heterocycles. The molecule has 2 aromatic carbocycles. The van der Waals surface area contributed by atoms with Gasteiger partial charge in [0, 0.05) is 15.7 Å². The first-order valence-electron chi connectivity index (χ1n) is 11.6. The highest BCUT2D eigenvalue weighted by atomic mass is 35.5. The van der Waals surface area contributed by atoms with Gasteiger partial charge in [-0.05, 0) is 85.0 Å². The Bertz CT molecular complexity index is 1300. The molecule has 5 rings (SSSR count). The average molecular weight is 529 g/mol. The van der Waals surface area contributed by atoms with Crippen LogP contribution in [0.3, 0.4) is 0 Å². The van der Waals surface area contributed by atoms with E-state index in [1.54, 1.807) is 36.4 Å². The predicted octanol–water partition coefficient (Wildman–Crippen LogP) is 6.40. The number of benzene rings is 2. The van der Waals surface area contributed by atoms with E-state index in [-0.39, 0.29) is 18.4 Å². The minimum absolute atomic E-state index is 0.207. The Morgan fingerprint density at radius 3 is 2.54 bits per heavy atom. The molecule has 0 radical (unpaired) electrons. The van der Waals surface area contributed by atoms with Crippen LogP contribution in [-0.4, -0.2) is 34.0 Å². The van der Waals surface area contributed by atoms with Crippen LogP contribution in [0.2, 0.25) is 10.0 Å². The highest BCUT2D eigenvalue weighted by molar-refractivity contribution is 8.17. The third kappa shape index (κ3) is 4.65. The second-order valence-electron chi connectivity index (χ2n) is 8.91. The number of imide groups is 1. The van der Waals surface area contributed by atoms with Gasteiger partial charge in [-0.15, -0.1) is 4.90 Å². The molecule has 0 fully saturated rings. The van der Waals surface area contributed by atoms with Gasteiger partial charge in [-0.1, -0.05) is 47.5 Å². The summed E-state index contributed by atoms with van der Waals surface area (Å²) in [6.45, 7) is 1.67. The van der Waals surface area contributed by atoms with E-state index < -0.39 is 11.9 Å². The van der Waals surface area contributed by atoms with E-state index in [9.17, 15) is 14.4 Å². The Kier molecular flexibility index (Phi) is 6.75. The van der Waals surface area contributed by atoms with Gasteiger partial charge in [-0.3, -0.25) is 4.79 Å². The molecule has 1 atom stereocenters. The van der Waals surface area contributed by atoms with E-state index in [1.807, 2.05) is 13.0 Å². The summed E-state index contributed by atoms with van der Waals surface area (Å²) in [5, 5.41) is 4.52. The smallest absolute Gasteiger partial charge is 0.322 e. The summed E-state index contributed by atoms with van der Waals surface area (Å²) >= 11 is 13.6. The molecular weight excluding hydrogens is 505 g/mol. The number of carbonyl (C=O) groups excluding carboxylic acids is 3. The summed E-state index contributed by atoms with van der Waals surface area (Å²) in [5.41, 5.74) is 2.98. The van der Waals surface area contributed by atoms with Crippen LogP contribution in [0.1, 0.15) is 37.7 Å². The van der Waals surface area contributed by atoms with Crippen LogP contribution >= 0.6 is 35.0 Å². The van der Waals surface area contributed by atoms with Gasteiger partial charge in [0.1, 0.15) is 5.69 Å².